The molecule has 0 aliphatic rings. The van der Waals surface area contributed by atoms with Crippen LogP contribution < -0.4 is 0 Å². The predicted octanol–water partition coefficient (Wildman–Crippen LogP) is 12.0. The molecule has 0 aliphatic heterocycles. The highest BCUT2D eigenvalue weighted by molar-refractivity contribution is 6.14. The van der Waals surface area contributed by atoms with Crippen LogP contribution in [0.3, 0.4) is 0 Å². The molecule has 0 saturated heterocycles. The minimum absolute atomic E-state index is 0.0417. The van der Waals surface area contributed by atoms with E-state index in [1.165, 1.54) is 66.4 Å². The van der Waals surface area contributed by atoms with E-state index in [1.54, 1.807) is 0 Å². The summed E-state index contributed by atoms with van der Waals surface area (Å²) in [4.78, 5) is 0. The minimum atomic E-state index is -0.0834. The van der Waals surface area contributed by atoms with E-state index in [2.05, 4.69) is 176 Å². The maximum Gasteiger partial charge on any atom is 0.0619 e. The molecule has 1 heteroatoms. The van der Waals surface area contributed by atoms with Gasteiger partial charge in [-0.2, -0.15) is 0 Å². The summed E-state index contributed by atoms with van der Waals surface area (Å²) in [6.07, 6.45) is 0. The van der Waals surface area contributed by atoms with Gasteiger partial charge in [-0.25, -0.2) is 0 Å². The highest BCUT2D eigenvalue weighted by Gasteiger charge is 2.27. The Bertz CT molecular complexity index is 1920. The van der Waals surface area contributed by atoms with Crippen LogP contribution in [0.4, 0.5) is 0 Å². The van der Waals surface area contributed by atoms with Gasteiger partial charge in [0.15, 0.2) is 0 Å². The van der Waals surface area contributed by atoms with Crippen LogP contribution in [0.1, 0.15) is 79.0 Å². The van der Waals surface area contributed by atoms with Crippen LogP contribution in [0.5, 0.6) is 0 Å². The Labute approximate surface area is 258 Å². The van der Waals surface area contributed by atoms with E-state index in [1.807, 2.05) is 0 Å². The summed E-state index contributed by atoms with van der Waals surface area (Å²) in [6, 6.07) is 40.7. The standard InChI is InChI=1S/C42H45N/c1-40(2,3)30-25-29(26-31(27-30)41(4,5)6)33-21-15-22-35-34-19-13-14-23-36(34)43(39(33)35)37-24-16-20-32(38(37)42(7,8)9)28-17-11-10-12-18-28/h10-27H,1-9H3. The number of rotatable bonds is 3. The summed E-state index contributed by atoms with van der Waals surface area (Å²) in [5, 5.41) is 2.57. The van der Waals surface area contributed by atoms with Crippen molar-refractivity contribution in [2.75, 3.05) is 0 Å². The number of nitrogens with zero attached hydrogens (tertiary/aromatic N) is 1. The van der Waals surface area contributed by atoms with Crippen molar-refractivity contribution in [3.63, 3.8) is 0 Å². The van der Waals surface area contributed by atoms with Gasteiger partial charge in [0, 0.05) is 16.3 Å². The molecule has 0 radical (unpaired) electrons. The van der Waals surface area contributed by atoms with E-state index in [0.29, 0.717) is 0 Å². The molecule has 0 unspecified atom stereocenters. The Morgan fingerprint density at radius 2 is 1.00 bits per heavy atom. The quantitative estimate of drug-likeness (QED) is 0.202. The van der Waals surface area contributed by atoms with Crippen molar-refractivity contribution in [1.29, 1.82) is 0 Å². The highest BCUT2D eigenvalue weighted by atomic mass is 15.0. The van der Waals surface area contributed by atoms with Crippen LogP contribution in [0.15, 0.2) is 109 Å². The van der Waals surface area contributed by atoms with Gasteiger partial charge in [0.25, 0.3) is 0 Å². The van der Waals surface area contributed by atoms with Gasteiger partial charge in [-0.1, -0.05) is 159 Å². The van der Waals surface area contributed by atoms with E-state index in [-0.39, 0.29) is 16.2 Å². The van der Waals surface area contributed by atoms with E-state index in [0.717, 1.165) is 0 Å². The molecular weight excluding hydrogens is 518 g/mol. The Kier molecular flexibility index (Phi) is 6.92. The molecule has 43 heavy (non-hydrogen) atoms. The van der Waals surface area contributed by atoms with E-state index in [9.17, 15) is 0 Å². The van der Waals surface area contributed by atoms with Gasteiger partial charge >= 0.3 is 0 Å². The van der Waals surface area contributed by atoms with Gasteiger partial charge in [0.05, 0.1) is 16.7 Å². The molecule has 0 bridgehead atoms. The molecule has 5 aromatic carbocycles. The molecule has 6 aromatic rings. The van der Waals surface area contributed by atoms with Crippen LogP contribution in [0.2, 0.25) is 0 Å². The Morgan fingerprint density at radius 1 is 0.442 bits per heavy atom. The Hall–Kier alpha value is -4.10. The van der Waals surface area contributed by atoms with Gasteiger partial charge in [-0.15, -0.1) is 0 Å². The van der Waals surface area contributed by atoms with E-state index in [4.69, 9.17) is 0 Å². The van der Waals surface area contributed by atoms with Crippen molar-refractivity contribution in [3.05, 3.63) is 126 Å². The first-order valence-corrected chi connectivity index (χ1v) is 15.6. The fourth-order valence-corrected chi connectivity index (χ4v) is 6.52. The molecule has 1 aromatic heterocycles. The third-order valence-corrected chi connectivity index (χ3v) is 8.79. The first-order chi connectivity index (χ1) is 20.2. The van der Waals surface area contributed by atoms with Crippen LogP contribution >= 0.6 is 0 Å². The van der Waals surface area contributed by atoms with Crippen LogP contribution in [0.25, 0.3) is 49.7 Å². The lowest BCUT2D eigenvalue weighted by atomic mass is 9.78. The van der Waals surface area contributed by atoms with Gasteiger partial charge < -0.3 is 4.57 Å². The van der Waals surface area contributed by atoms with Gasteiger partial charge in [0.1, 0.15) is 0 Å². The lowest BCUT2D eigenvalue weighted by Gasteiger charge is -2.28. The predicted molar refractivity (Wildman–Crippen MR) is 188 cm³/mol. The molecule has 0 spiro atoms. The molecule has 1 nitrogen and oxygen atoms in total. The lowest BCUT2D eigenvalue weighted by Crippen LogP contribution is -2.17. The van der Waals surface area contributed by atoms with Crippen LogP contribution in [-0.4, -0.2) is 4.57 Å². The topological polar surface area (TPSA) is 4.93 Å². The number of fused-ring (bicyclic) bond motifs is 3. The second kappa shape index (κ2) is 10.3. The number of aromatic nitrogens is 1. The van der Waals surface area contributed by atoms with Crippen molar-refractivity contribution >= 4 is 21.8 Å². The number of para-hydroxylation sites is 2. The second-order valence-corrected chi connectivity index (χ2v) is 15.2. The summed E-state index contributed by atoms with van der Waals surface area (Å²) >= 11 is 0. The van der Waals surface area contributed by atoms with Gasteiger partial charge in [0.2, 0.25) is 0 Å². The SMILES string of the molecule is CC(C)(C)c1cc(-c2cccc3c4ccccc4n(-c4cccc(-c5ccccc5)c4C(C)(C)C)c23)cc(C(C)(C)C)c1. The molecule has 0 amide bonds. The average molecular weight is 564 g/mol. The molecule has 1 heterocycles. The fourth-order valence-electron chi connectivity index (χ4n) is 6.52. The maximum absolute atomic E-state index is 2.55. The number of hydrogen-bond donors (Lipinski definition) is 0. The van der Waals surface area contributed by atoms with Crippen molar-refractivity contribution < 1.29 is 0 Å². The lowest BCUT2D eigenvalue weighted by molar-refractivity contribution is 0.569. The maximum atomic E-state index is 2.55. The van der Waals surface area contributed by atoms with E-state index < -0.39 is 0 Å². The molecule has 6 rings (SSSR count). The molecule has 0 N–H and O–H groups in total. The molecule has 0 saturated carbocycles. The largest absolute Gasteiger partial charge is 0.308 e. The Balaban J connectivity index is 1.77. The van der Waals surface area contributed by atoms with Crippen LogP contribution in [-0.2, 0) is 16.2 Å². The third kappa shape index (κ3) is 5.20. The third-order valence-electron chi connectivity index (χ3n) is 8.79. The van der Waals surface area contributed by atoms with Crippen LogP contribution in [0, 0.1) is 0 Å². The summed E-state index contributed by atoms with van der Waals surface area (Å²) in [6.45, 7) is 20.9. The smallest absolute Gasteiger partial charge is 0.0619 e. The second-order valence-electron chi connectivity index (χ2n) is 15.2. The molecular formula is C42H45N. The number of benzene rings is 5. The van der Waals surface area contributed by atoms with Crippen molar-refractivity contribution in [3.8, 4) is 27.9 Å². The monoisotopic (exact) mass is 563 g/mol. The highest BCUT2D eigenvalue weighted by Crippen LogP contribution is 2.44. The molecule has 0 aliphatic carbocycles. The van der Waals surface area contributed by atoms with Crippen molar-refractivity contribution in [2.45, 2.75) is 78.6 Å². The molecule has 0 fully saturated rings. The number of hydrogen-bond acceptors (Lipinski definition) is 0. The normalized spacial score (nSPS) is 12.8. The zero-order chi connectivity index (χ0) is 30.7. The summed E-state index contributed by atoms with van der Waals surface area (Å²) in [5.74, 6) is 0. The fraction of sp³-hybridized carbons (Fsp3) is 0.286. The first kappa shape index (κ1) is 29.0. The van der Waals surface area contributed by atoms with Gasteiger partial charge in [-0.3, -0.25) is 0 Å². The molecule has 218 valence electrons. The Morgan fingerprint density at radius 3 is 1.63 bits per heavy atom. The summed E-state index contributed by atoms with van der Waals surface area (Å²) < 4.78 is 2.55. The first-order valence-electron chi connectivity index (χ1n) is 15.6. The van der Waals surface area contributed by atoms with Gasteiger partial charge in [-0.05, 0) is 61.8 Å². The summed E-state index contributed by atoms with van der Waals surface area (Å²) in [7, 11) is 0. The van der Waals surface area contributed by atoms with Crippen molar-refractivity contribution in [2.24, 2.45) is 0 Å². The zero-order valence-corrected chi connectivity index (χ0v) is 27.3. The average Bonchev–Trinajstić information content (AvgIpc) is 3.30. The van der Waals surface area contributed by atoms with Crippen molar-refractivity contribution in [1.82, 2.24) is 4.57 Å². The molecule has 0 atom stereocenters. The summed E-state index contributed by atoms with van der Waals surface area (Å²) in [5.41, 5.74) is 13.0. The minimum Gasteiger partial charge on any atom is -0.308 e. The zero-order valence-electron chi connectivity index (χ0n) is 27.3. The van der Waals surface area contributed by atoms with E-state index >= 15 is 0 Å².